The summed E-state index contributed by atoms with van der Waals surface area (Å²) in [6.45, 7) is 3.39. The van der Waals surface area contributed by atoms with Crippen LogP contribution in [0.4, 0.5) is 0 Å². The van der Waals surface area contributed by atoms with Crippen LogP contribution in [0.25, 0.3) is 0 Å². The average Bonchev–Trinajstić information content (AvgIpc) is 2.14. The summed E-state index contributed by atoms with van der Waals surface area (Å²) >= 11 is 0. The monoisotopic (exact) mass is 208 g/mol. The maximum atomic E-state index is 11.0. The Hall–Kier alpha value is -1.71. The summed E-state index contributed by atoms with van der Waals surface area (Å²) in [7, 11) is 0. The van der Waals surface area contributed by atoms with Crippen LogP contribution in [0.1, 0.15) is 13.8 Å². The van der Waals surface area contributed by atoms with Crippen LogP contribution >= 0.6 is 0 Å². The summed E-state index contributed by atoms with van der Waals surface area (Å²) in [4.78, 5) is 11.0. The van der Waals surface area contributed by atoms with E-state index in [4.69, 9.17) is 14.6 Å². The van der Waals surface area contributed by atoms with E-state index in [2.05, 4.69) is 0 Å². The smallest absolute Gasteiger partial charge is 0.349 e. The predicted octanol–water partition coefficient (Wildman–Crippen LogP) is 1.69. The maximum Gasteiger partial charge on any atom is 0.349 e. The quantitative estimate of drug-likeness (QED) is 0.763. The minimum atomic E-state index is -1.02. The molecule has 15 heavy (non-hydrogen) atoms. The van der Waals surface area contributed by atoms with Crippen molar-refractivity contribution in [3.05, 3.63) is 24.3 Å². The SMILES string of the molecule is CC1(C)Oc2ccccc2O[C@@H]1C(=O)O. The first kappa shape index (κ1) is 9.83. The van der Waals surface area contributed by atoms with E-state index in [-0.39, 0.29) is 0 Å². The molecular weight excluding hydrogens is 196 g/mol. The van der Waals surface area contributed by atoms with E-state index < -0.39 is 17.7 Å². The number of carbonyl (C=O) groups is 1. The number of para-hydroxylation sites is 2. The summed E-state index contributed by atoms with van der Waals surface area (Å²) in [5.41, 5.74) is -0.861. The van der Waals surface area contributed by atoms with Crippen LogP contribution in [0, 0.1) is 0 Å². The average molecular weight is 208 g/mol. The van der Waals surface area contributed by atoms with Gasteiger partial charge in [-0.05, 0) is 26.0 Å². The van der Waals surface area contributed by atoms with Gasteiger partial charge in [0, 0.05) is 0 Å². The number of rotatable bonds is 1. The van der Waals surface area contributed by atoms with Gasteiger partial charge in [0.1, 0.15) is 0 Å². The van der Waals surface area contributed by atoms with E-state index in [1.165, 1.54) is 0 Å². The molecule has 1 aromatic carbocycles. The molecule has 0 spiro atoms. The van der Waals surface area contributed by atoms with Gasteiger partial charge in [0.2, 0.25) is 6.10 Å². The lowest BCUT2D eigenvalue weighted by Gasteiger charge is -2.37. The third kappa shape index (κ3) is 1.63. The summed E-state index contributed by atoms with van der Waals surface area (Å²) in [6.07, 6.45) is -0.979. The molecule has 1 aliphatic heterocycles. The molecule has 0 saturated heterocycles. The van der Waals surface area contributed by atoms with Crippen LogP contribution in [-0.4, -0.2) is 22.8 Å². The second-order valence-corrected chi connectivity index (χ2v) is 3.99. The fraction of sp³-hybridized carbons (Fsp3) is 0.364. The van der Waals surface area contributed by atoms with Crippen molar-refractivity contribution in [2.75, 3.05) is 0 Å². The molecule has 1 aromatic rings. The molecule has 0 saturated carbocycles. The molecule has 0 amide bonds. The molecule has 1 N–H and O–H groups in total. The number of carboxylic acids is 1. The standard InChI is InChI=1S/C11H12O4/c1-11(2)9(10(12)13)14-7-5-3-4-6-8(7)15-11/h3-6,9H,1-2H3,(H,12,13)/t9-/m1/s1. The predicted molar refractivity (Wildman–Crippen MR) is 53.2 cm³/mol. The molecule has 2 rings (SSSR count). The molecule has 4 heteroatoms. The zero-order valence-electron chi connectivity index (χ0n) is 8.56. The molecule has 0 unspecified atom stereocenters. The lowest BCUT2D eigenvalue weighted by atomic mass is 10.00. The molecule has 0 fully saturated rings. The molecule has 0 bridgehead atoms. The fourth-order valence-corrected chi connectivity index (χ4v) is 1.59. The lowest BCUT2D eigenvalue weighted by Crippen LogP contribution is -2.52. The maximum absolute atomic E-state index is 11.0. The summed E-state index contributed by atoms with van der Waals surface area (Å²) in [5.74, 6) is 0.0405. The Morgan fingerprint density at radius 1 is 1.33 bits per heavy atom. The van der Waals surface area contributed by atoms with Crippen molar-refractivity contribution in [3.8, 4) is 11.5 Å². The highest BCUT2D eigenvalue weighted by molar-refractivity contribution is 5.75. The van der Waals surface area contributed by atoms with Crippen LogP contribution < -0.4 is 9.47 Å². The van der Waals surface area contributed by atoms with E-state index in [9.17, 15) is 4.79 Å². The van der Waals surface area contributed by atoms with Crippen molar-refractivity contribution in [2.24, 2.45) is 0 Å². The zero-order chi connectivity index (χ0) is 11.1. The molecule has 0 radical (unpaired) electrons. The van der Waals surface area contributed by atoms with Gasteiger partial charge in [0.05, 0.1) is 0 Å². The summed E-state index contributed by atoms with van der Waals surface area (Å²) < 4.78 is 11.0. The van der Waals surface area contributed by atoms with Crippen LogP contribution in [0.3, 0.4) is 0 Å². The Balaban J connectivity index is 2.40. The minimum absolute atomic E-state index is 0.476. The van der Waals surface area contributed by atoms with Crippen LogP contribution in [0.2, 0.25) is 0 Å². The van der Waals surface area contributed by atoms with Crippen LogP contribution in [0.5, 0.6) is 11.5 Å². The third-order valence-corrected chi connectivity index (χ3v) is 2.32. The van der Waals surface area contributed by atoms with Crippen molar-refractivity contribution in [1.82, 2.24) is 0 Å². The highest BCUT2D eigenvalue weighted by Crippen LogP contribution is 2.37. The van der Waals surface area contributed by atoms with Gasteiger partial charge >= 0.3 is 5.97 Å². The van der Waals surface area contributed by atoms with Gasteiger partial charge in [-0.25, -0.2) is 4.79 Å². The largest absolute Gasteiger partial charge is 0.479 e. The first-order valence-corrected chi connectivity index (χ1v) is 4.68. The number of aliphatic carboxylic acids is 1. The zero-order valence-corrected chi connectivity index (χ0v) is 8.56. The second-order valence-electron chi connectivity index (χ2n) is 3.99. The highest BCUT2D eigenvalue weighted by Gasteiger charge is 2.43. The Morgan fingerprint density at radius 2 is 1.93 bits per heavy atom. The number of fused-ring (bicyclic) bond motifs is 1. The van der Waals surface area contributed by atoms with E-state index >= 15 is 0 Å². The Kier molecular flexibility index (Phi) is 2.07. The fourth-order valence-electron chi connectivity index (χ4n) is 1.59. The lowest BCUT2D eigenvalue weighted by molar-refractivity contribution is -0.157. The number of carboxylic acid groups (broad SMARTS) is 1. The van der Waals surface area contributed by atoms with Crippen molar-refractivity contribution < 1.29 is 19.4 Å². The van der Waals surface area contributed by atoms with Crippen molar-refractivity contribution in [3.63, 3.8) is 0 Å². The van der Waals surface area contributed by atoms with Gasteiger partial charge in [0.15, 0.2) is 17.1 Å². The minimum Gasteiger partial charge on any atom is -0.479 e. The van der Waals surface area contributed by atoms with E-state index in [0.717, 1.165) is 0 Å². The van der Waals surface area contributed by atoms with Gasteiger partial charge in [-0.3, -0.25) is 0 Å². The van der Waals surface area contributed by atoms with Gasteiger partial charge in [-0.1, -0.05) is 12.1 Å². The number of hydrogen-bond donors (Lipinski definition) is 1. The Bertz CT molecular complexity index is 397. The van der Waals surface area contributed by atoms with Gasteiger partial charge in [0.25, 0.3) is 0 Å². The second kappa shape index (κ2) is 3.15. The Labute approximate surface area is 87.4 Å². The third-order valence-electron chi connectivity index (χ3n) is 2.32. The van der Waals surface area contributed by atoms with E-state index in [0.29, 0.717) is 11.5 Å². The van der Waals surface area contributed by atoms with Gasteiger partial charge in [-0.15, -0.1) is 0 Å². The number of hydrogen-bond acceptors (Lipinski definition) is 3. The number of benzene rings is 1. The molecule has 0 aliphatic carbocycles. The topological polar surface area (TPSA) is 55.8 Å². The molecule has 1 heterocycles. The number of ether oxygens (including phenoxy) is 2. The molecule has 80 valence electrons. The molecule has 1 atom stereocenters. The van der Waals surface area contributed by atoms with E-state index in [1.807, 2.05) is 6.07 Å². The van der Waals surface area contributed by atoms with Crippen molar-refractivity contribution in [2.45, 2.75) is 25.6 Å². The first-order chi connectivity index (χ1) is 7.00. The van der Waals surface area contributed by atoms with Crippen molar-refractivity contribution in [1.29, 1.82) is 0 Å². The van der Waals surface area contributed by atoms with Crippen molar-refractivity contribution >= 4 is 5.97 Å². The molecule has 4 nitrogen and oxygen atoms in total. The van der Waals surface area contributed by atoms with Gasteiger partial charge in [-0.2, -0.15) is 0 Å². The van der Waals surface area contributed by atoms with Gasteiger partial charge < -0.3 is 14.6 Å². The molecule has 1 aliphatic rings. The summed E-state index contributed by atoms with van der Waals surface area (Å²) in [6, 6.07) is 7.05. The molecule has 0 aromatic heterocycles. The molecular formula is C11H12O4. The first-order valence-electron chi connectivity index (χ1n) is 4.68. The van der Waals surface area contributed by atoms with Crippen LogP contribution in [0.15, 0.2) is 24.3 Å². The normalized spacial score (nSPS) is 22.1. The Morgan fingerprint density at radius 3 is 2.53 bits per heavy atom. The summed E-state index contributed by atoms with van der Waals surface area (Å²) in [5, 5.41) is 8.99. The highest BCUT2D eigenvalue weighted by atomic mass is 16.6. The van der Waals surface area contributed by atoms with E-state index in [1.54, 1.807) is 32.0 Å². The van der Waals surface area contributed by atoms with Crippen LogP contribution in [-0.2, 0) is 4.79 Å².